The van der Waals surface area contributed by atoms with E-state index in [4.69, 9.17) is 4.74 Å². The summed E-state index contributed by atoms with van der Waals surface area (Å²) in [6, 6.07) is 9.06. The largest absolute Gasteiger partial charge is 0.497 e. The lowest BCUT2D eigenvalue weighted by Crippen LogP contribution is -2.39. The summed E-state index contributed by atoms with van der Waals surface area (Å²) in [7, 11) is 3.84. The Morgan fingerprint density at radius 1 is 0.821 bits per heavy atom. The number of benzene rings is 1. The summed E-state index contributed by atoms with van der Waals surface area (Å²) in [5.74, 6) is 2.58. The van der Waals surface area contributed by atoms with Gasteiger partial charge in [0.1, 0.15) is 5.75 Å². The molecule has 1 aromatic rings. The summed E-state index contributed by atoms with van der Waals surface area (Å²) in [6.07, 6.45) is 2.47. The molecule has 4 rings (SSSR count). The van der Waals surface area contributed by atoms with Crippen molar-refractivity contribution in [1.82, 2.24) is 24.5 Å². The highest BCUT2D eigenvalue weighted by Crippen LogP contribution is 2.26. The maximum atomic E-state index is 12.4. The van der Waals surface area contributed by atoms with Crippen LogP contribution in [0.3, 0.4) is 0 Å². The Balaban J connectivity index is 0.000000216. The maximum Gasteiger partial charge on any atom is 0.320 e. The fourth-order valence-corrected chi connectivity index (χ4v) is 6.13. The first-order chi connectivity index (χ1) is 18.6. The smallest absolute Gasteiger partial charge is 0.320 e. The molecule has 0 N–H and O–H groups in total. The summed E-state index contributed by atoms with van der Waals surface area (Å²) >= 11 is 0. The molecule has 1 aromatic carbocycles. The Hall–Kier alpha value is -2.48. The molecule has 0 aliphatic carbocycles. The number of methoxy groups -OCH3 is 1. The normalized spacial score (nSPS) is 22.8. The van der Waals surface area contributed by atoms with Gasteiger partial charge in [0.2, 0.25) is 0 Å². The molecule has 2 unspecified atom stereocenters. The van der Waals surface area contributed by atoms with Crippen LogP contribution in [0.2, 0.25) is 0 Å². The molecule has 0 bridgehead atoms. The van der Waals surface area contributed by atoms with Crippen molar-refractivity contribution >= 4 is 12.1 Å². The summed E-state index contributed by atoms with van der Waals surface area (Å²) in [5.41, 5.74) is 1.14. The van der Waals surface area contributed by atoms with E-state index in [0.29, 0.717) is 36.4 Å². The van der Waals surface area contributed by atoms with Gasteiger partial charge in [0.25, 0.3) is 0 Å². The molecule has 3 heterocycles. The zero-order valence-electron chi connectivity index (χ0n) is 25.7. The number of nitrogens with zero attached hydrogens (tertiary/aromatic N) is 5. The van der Waals surface area contributed by atoms with Crippen molar-refractivity contribution in [2.75, 3.05) is 60.0 Å². The van der Waals surface area contributed by atoms with Gasteiger partial charge in [-0.05, 0) is 82.3 Å². The molecule has 4 amide bonds. The van der Waals surface area contributed by atoms with Gasteiger partial charge in [-0.25, -0.2) is 9.59 Å². The Morgan fingerprint density at radius 2 is 1.31 bits per heavy atom. The first kappa shape index (κ1) is 31.1. The topological polar surface area (TPSA) is 59.6 Å². The highest BCUT2D eigenvalue weighted by Gasteiger charge is 2.39. The van der Waals surface area contributed by atoms with Gasteiger partial charge in [-0.1, -0.05) is 39.8 Å². The SMILES string of the molecule is CCN1C(=O)N(CC2CCN(C)CC2)CC1C(C)C.CCN1C(=O)N(Cc2ccc(OC)cc2)CC1C(C)C. The molecule has 0 saturated carbocycles. The average molecular weight is 544 g/mol. The predicted octanol–water partition coefficient (Wildman–Crippen LogP) is 5.09. The van der Waals surface area contributed by atoms with Crippen molar-refractivity contribution in [1.29, 1.82) is 0 Å². The zero-order valence-corrected chi connectivity index (χ0v) is 25.7. The van der Waals surface area contributed by atoms with Crippen molar-refractivity contribution in [3.63, 3.8) is 0 Å². The van der Waals surface area contributed by atoms with Crippen LogP contribution in [0.15, 0.2) is 24.3 Å². The Labute approximate surface area is 237 Å². The van der Waals surface area contributed by atoms with E-state index in [1.807, 2.05) is 41.0 Å². The number of carbonyl (C=O) groups excluding carboxylic acids is 2. The number of ether oxygens (including phenoxy) is 1. The fraction of sp³-hybridized carbons (Fsp3) is 0.742. The number of rotatable bonds is 9. The number of piperidine rings is 1. The van der Waals surface area contributed by atoms with Crippen LogP contribution in [0.25, 0.3) is 0 Å². The Bertz CT molecular complexity index is 913. The van der Waals surface area contributed by atoms with Crippen molar-refractivity contribution in [3.05, 3.63) is 29.8 Å². The number of hydrogen-bond donors (Lipinski definition) is 0. The highest BCUT2D eigenvalue weighted by atomic mass is 16.5. The molecule has 3 aliphatic heterocycles. The minimum absolute atomic E-state index is 0.155. The van der Waals surface area contributed by atoms with Crippen LogP contribution in [0.5, 0.6) is 5.75 Å². The van der Waals surface area contributed by atoms with Crippen LogP contribution in [0.1, 0.15) is 59.9 Å². The van der Waals surface area contributed by atoms with Crippen molar-refractivity contribution in [3.8, 4) is 5.75 Å². The van der Waals surface area contributed by atoms with Crippen LogP contribution in [0, 0.1) is 17.8 Å². The predicted molar refractivity (Wildman–Crippen MR) is 158 cm³/mol. The van der Waals surface area contributed by atoms with E-state index in [9.17, 15) is 9.59 Å². The number of amides is 4. The van der Waals surface area contributed by atoms with Crippen LogP contribution in [-0.4, -0.2) is 109 Å². The summed E-state index contributed by atoms with van der Waals surface area (Å²) in [4.78, 5) is 35.3. The first-order valence-corrected chi connectivity index (χ1v) is 15.0. The summed E-state index contributed by atoms with van der Waals surface area (Å²) < 4.78 is 5.15. The minimum Gasteiger partial charge on any atom is -0.497 e. The quantitative estimate of drug-likeness (QED) is 0.436. The van der Waals surface area contributed by atoms with Gasteiger partial charge < -0.3 is 29.2 Å². The van der Waals surface area contributed by atoms with E-state index in [1.54, 1.807) is 7.11 Å². The van der Waals surface area contributed by atoms with Crippen molar-refractivity contribution in [2.24, 2.45) is 17.8 Å². The molecule has 0 aromatic heterocycles. The molecule has 39 heavy (non-hydrogen) atoms. The number of carbonyl (C=O) groups is 2. The molecule has 3 fully saturated rings. The Kier molecular flexibility index (Phi) is 11.3. The van der Waals surface area contributed by atoms with Crippen LogP contribution in [0.4, 0.5) is 9.59 Å². The molecule has 8 nitrogen and oxygen atoms in total. The standard InChI is InChI=1S/C16H24N2O2.C15H29N3O/c1-5-18-15(12(2)3)11-17(16(18)19)10-13-6-8-14(20-4)9-7-13;1-5-18-14(12(2)3)11-17(15(18)19)10-13-6-8-16(4)9-7-13/h6-9,12,15H,5,10-11H2,1-4H3;12-14H,5-11H2,1-4H3. The molecule has 8 heteroatoms. The van der Waals surface area contributed by atoms with E-state index in [1.165, 1.54) is 25.9 Å². The third kappa shape index (κ3) is 7.80. The average Bonchev–Trinajstić information content (AvgIpc) is 3.42. The second-order valence-electron chi connectivity index (χ2n) is 12.1. The molecule has 220 valence electrons. The second kappa shape index (κ2) is 14.2. The molecular weight excluding hydrogens is 490 g/mol. The molecule has 3 aliphatic rings. The number of likely N-dealkylation sites (tertiary alicyclic amines) is 1. The van der Waals surface area contributed by atoms with Gasteiger partial charge in [0, 0.05) is 39.3 Å². The maximum absolute atomic E-state index is 12.4. The third-order valence-corrected chi connectivity index (χ3v) is 8.72. The minimum atomic E-state index is 0.155. The fourth-order valence-electron chi connectivity index (χ4n) is 6.13. The monoisotopic (exact) mass is 543 g/mol. The van der Waals surface area contributed by atoms with Gasteiger partial charge in [0.05, 0.1) is 19.2 Å². The Morgan fingerprint density at radius 3 is 1.74 bits per heavy atom. The van der Waals surface area contributed by atoms with E-state index < -0.39 is 0 Å². The van der Waals surface area contributed by atoms with Gasteiger partial charge in [0.15, 0.2) is 0 Å². The third-order valence-electron chi connectivity index (χ3n) is 8.72. The number of hydrogen-bond acceptors (Lipinski definition) is 4. The summed E-state index contributed by atoms with van der Waals surface area (Å²) in [6.45, 7) is 20.3. The number of likely N-dealkylation sites (N-methyl/N-ethyl adjacent to an activating group) is 2. The molecule has 0 spiro atoms. The van der Waals surface area contributed by atoms with Crippen molar-refractivity contribution in [2.45, 2.75) is 73.0 Å². The number of urea groups is 2. The zero-order chi connectivity index (χ0) is 28.7. The molecule has 2 atom stereocenters. The van der Waals surface area contributed by atoms with Gasteiger partial charge >= 0.3 is 12.1 Å². The molecule has 0 radical (unpaired) electrons. The van der Waals surface area contributed by atoms with Crippen LogP contribution < -0.4 is 4.74 Å². The van der Waals surface area contributed by atoms with Gasteiger partial charge in [-0.3, -0.25) is 0 Å². The first-order valence-electron chi connectivity index (χ1n) is 15.0. The lowest BCUT2D eigenvalue weighted by molar-refractivity contribution is 0.163. The molecule has 3 saturated heterocycles. The van der Waals surface area contributed by atoms with Crippen LogP contribution in [-0.2, 0) is 6.54 Å². The lowest BCUT2D eigenvalue weighted by atomic mass is 9.96. The lowest BCUT2D eigenvalue weighted by Gasteiger charge is -2.31. The molecular formula is C31H53N5O3. The van der Waals surface area contributed by atoms with E-state index in [0.717, 1.165) is 44.0 Å². The second-order valence-corrected chi connectivity index (χ2v) is 12.1. The van der Waals surface area contributed by atoms with Gasteiger partial charge in [-0.15, -0.1) is 0 Å². The van der Waals surface area contributed by atoms with Crippen LogP contribution >= 0.6 is 0 Å². The summed E-state index contributed by atoms with van der Waals surface area (Å²) in [5, 5.41) is 0. The van der Waals surface area contributed by atoms with E-state index in [-0.39, 0.29) is 12.1 Å². The van der Waals surface area contributed by atoms with Gasteiger partial charge in [-0.2, -0.15) is 0 Å². The van der Waals surface area contributed by atoms with Crippen molar-refractivity contribution < 1.29 is 14.3 Å². The van der Waals surface area contributed by atoms with E-state index >= 15 is 0 Å². The highest BCUT2D eigenvalue weighted by molar-refractivity contribution is 5.77. The van der Waals surface area contributed by atoms with E-state index in [2.05, 4.69) is 56.4 Å².